The van der Waals surface area contributed by atoms with E-state index < -0.39 is 0 Å². The maximum atomic E-state index is 11.5. The van der Waals surface area contributed by atoms with Gasteiger partial charge in [-0.15, -0.1) is 0 Å². The molecule has 0 spiro atoms. The average Bonchev–Trinajstić information content (AvgIpc) is 2.14. The third kappa shape index (κ3) is 4.88. The SMILES string of the molecule is CCC(C)CN(CC)C(=O)CNC. The molecule has 78 valence electrons. The predicted octanol–water partition coefficient (Wildman–Crippen LogP) is 1.10. The first kappa shape index (κ1) is 12.4. The fourth-order valence-corrected chi connectivity index (χ4v) is 1.18. The second-order valence-corrected chi connectivity index (χ2v) is 3.48. The maximum absolute atomic E-state index is 11.5. The van der Waals surface area contributed by atoms with Gasteiger partial charge in [0.15, 0.2) is 0 Å². The zero-order valence-electron chi connectivity index (χ0n) is 9.26. The minimum absolute atomic E-state index is 0.199. The van der Waals surface area contributed by atoms with Gasteiger partial charge in [-0.3, -0.25) is 4.79 Å². The van der Waals surface area contributed by atoms with E-state index in [4.69, 9.17) is 0 Å². The van der Waals surface area contributed by atoms with Crippen molar-refractivity contribution in [1.82, 2.24) is 10.2 Å². The highest BCUT2D eigenvalue weighted by Gasteiger charge is 2.12. The lowest BCUT2D eigenvalue weighted by atomic mass is 10.1. The molecule has 0 aliphatic rings. The molecule has 0 bridgehead atoms. The van der Waals surface area contributed by atoms with Crippen LogP contribution in [0.25, 0.3) is 0 Å². The van der Waals surface area contributed by atoms with E-state index in [9.17, 15) is 4.79 Å². The summed E-state index contributed by atoms with van der Waals surface area (Å²) in [5, 5.41) is 2.88. The molecule has 0 aliphatic carbocycles. The van der Waals surface area contributed by atoms with E-state index >= 15 is 0 Å². The first-order valence-electron chi connectivity index (χ1n) is 5.08. The summed E-state index contributed by atoms with van der Waals surface area (Å²) in [4.78, 5) is 13.4. The van der Waals surface area contributed by atoms with Crippen LogP contribution in [0.2, 0.25) is 0 Å². The van der Waals surface area contributed by atoms with Gasteiger partial charge in [0, 0.05) is 13.1 Å². The van der Waals surface area contributed by atoms with Crippen molar-refractivity contribution in [3.63, 3.8) is 0 Å². The zero-order valence-corrected chi connectivity index (χ0v) is 9.26. The monoisotopic (exact) mass is 186 g/mol. The topological polar surface area (TPSA) is 32.3 Å². The molecule has 0 aliphatic heterocycles. The van der Waals surface area contributed by atoms with Crippen LogP contribution in [-0.2, 0) is 4.79 Å². The van der Waals surface area contributed by atoms with Gasteiger partial charge in [0.05, 0.1) is 6.54 Å². The number of carbonyl (C=O) groups is 1. The second-order valence-electron chi connectivity index (χ2n) is 3.48. The predicted molar refractivity (Wildman–Crippen MR) is 55.6 cm³/mol. The fourth-order valence-electron chi connectivity index (χ4n) is 1.18. The van der Waals surface area contributed by atoms with Crippen molar-refractivity contribution < 1.29 is 4.79 Å². The summed E-state index contributed by atoms with van der Waals surface area (Å²) in [6.07, 6.45) is 1.13. The van der Waals surface area contributed by atoms with Crippen LogP contribution in [0.15, 0.2) is 0 Å². The highest BCUT2D eigenvalue weighted by Crippen LogP contribution is 2.03. The summed E-state index contributed by atoms with van der Waals surface area (Å²) < 4.78 is 0. The molecule has 0 aromatic heterocycles. The van der Waals surface area contributed by atoms with E-state index in [1.807, 2.05) is 11.8 Å². The van der Waals surface area contributed by atoms with Crippen molar-refractivity contribution in [1.29, 1.82) is 0 Å². The molecule has 0 saturated heterocycles. The van der Waals surface area contributed by atoms with Crippen LogP contribution in [0.3, 0.4) is 0 Å². The van der Waals surface area contributed by atoms with Gasteiger partial charge in [0.25, 0.3) is 0 Å². The highest BCUT2D eigenvalue weighted by molar-refractivity contribution is 5.78. The molecule has 1 amide bonds. The van der Waals surface area contributed by atoms with Crippen LogP contribution in [0.5, 0.6) is 0 Å². The van der Waals surface area contributed by atoms with Gasteiger partial charge < -0.3 is 10.2 Å². The molecule has 0 aromatic rings. The Hall–Kier alpha value is -0.570. The van der Waals surface area contributed by atoms with E-state index in [2.05, 4.69) is 19.2 Å². The van der Waals surface area contributed by atoms with Gasteiger partial charge in [-0.1, -0.05) is 20.3 Å². The molecule has 1 unspecified atom stereocenters. The van der Waals surface area contributed by atoms with Crippen LogP contribution in [0.1, 0.15) is 27.2 Å². The largest absolute Gasteiger partial charge is 0.342 e. The summed E-state index contributed by atoms with van der Waals surface area (Å²) in [5.74, 6) is 0.797. The van der Waals surface area contributed by atoms with Crippen molar-refractivity contribution in [2.75, 3.05) is 26.7 Å². The molecule has 0 heterocycles. The molecule has 3 heteroatoms. The van der Waals surface area contributed by atoms with Crippen LogP contribution in [-0.4, -0.2) is 37.5 Å². The normalized spacial score (nSPS) is 12.6. The Bertz CT molecular complexity index is 148. The Balaban J connectivity index is 3.94. The second kappa shape index (κ2) is 6.89. The van der Waals surface area contributed by atoms with E-state index in [1.165, 1.54) is 0 Å². The molecule has 0 aromatic carbocycles. The summed E-state index contributed by atoms with van der Waals surface area (Å²) in [5.41, 5.74) is 0. The Morgan fingerprint density at radius 3 is 2.46 bits per heavy atom. The Kier molecular flexibility index (Phi) is 6.59. The number of rotatable bonds is 6. The van der Waals surface area contributed by atoms with Gasteiger partial charge in [-0.05, 0) is 19.9 Å². The first-order chi connectivity index (χ1) is 6.15. The van der Waals surface area contributed by atoms with E-state index in [0.717, 1.165) is 19.5 Å². The molecule has 13 heavy (non-hydrogen) atoms. The number of amides is 1. The number of nitrogens with zero attached hydrogens (tertiary/aromatic N) is 1. The molecule has 1 N–H and O–H groups in total. The van der Waals surface area contributed by atoms with Crippen LogP contribution >= 0.6 is 0 Å². The lowest BCUT2D eigenvalue weighted by Crippen LogP contribution is -2.39. The molecule has 0 radical (unpaired) electrons. The van der Waals surface area contributed by atoms with Gasteiger partial charge in [-0.25, -0.2) is 0 Å². The Labute approximate surface area is 81.5 Å². The standard InChI is InChI=1S/C10H22N2O/c1-5-9(3)8-12(6-2)10(13)7-11-4/h9,11H,5-8H2,1-4H3. The van der Waals surface area contributed by atoms with Crippen molar-refractivity contribution in [2.24, 2.45) is 5.92 Å². The number of nitrogens with one attached hydrogen (secondary N) is 1. The molecule has 1 atom stereocenters. The average molecular weight is 186 g/mol. The van der Waals surface area contributed by atoms with Crippen LogP contribution in [0, 0.1) is 5.92 Å². The quantitative estimate of drug-likeness (QED) is 0.673. The number of hydrogen-bond donors (Lipinski definition) is 1. The van der Waals surface area contributed by atoms with Crippen molar-refractivity contribution in [3.8, 4) is 0 Å². The maximum Gasteiger partial charge on any atom is 0.236 e. The van der Waals surface area contributed by atoms with Crippen molar-refractivity contribution in [2.45, 2.75) is 27.2 Å². The fraction of sp³-hybridized carbons (Fsp3) is 0.900. The van der Waals surface area contributed by atoms with E-state index in [0.29, 0.717) is 12.5 Å². The van der Waals surface area contributed by atoms with E-state index in [1.54, 1.807) is 7.05 Å². The number of likely N-dealkylation sites (N-methyl/N-ethyl adjacent to an activating group) is 2. The summed E-state index contributed by atoms with van der Waals surface area (Å²) in [6, 6.07) is 0. The minimum Gasteiger partial charge on any atom is -0.342 e. The van der Waals surface area contributed by atoms with Gasteiger partial charge in [0.2, 0.25) is 5.91 Å². The Morgan fingerprint density at radius 1 is 1.46 bits per heavy atom. The smallest absolute Gasteiger partial charge is 0.236 e. The first-order valence-corrected chi connectivity index (χ1v) is 5.08. The zero-order chi connectivity index (χ0) is 10.3. The summed E-state index contributed by atoms with van der Waals surface area (Å²) in [7, 11) is 1.80. The Morgan fingerprint density at radius 2 is 2.08 bits per heavy atom. The van der Waals surface area contributed by atoms with Crippen molar-refractivity contribution in [3.05, 3.63) is 0 Å². The lowest BCUT2D eigenvalue weighted by molar-refractivity contribution is -0.130. The van der Waals surface area contributed by atoms with Crippen molar-refractivity contribution >= 4 is 5.91 Å². The van der Waals surface area contributed by atoms with Gasteiger partial charge in [0.1, 0.15) is 0 Å². The summed E-state index contributed by atoms with van der Waals surface area (Å²) >= 11 is 0. The van der Waals surface area contributed by atoms with Gasteiger partial charge >= 0.3 is 0 Å². The van der Waals surface area contributed by atoms with E-state index in [-0.39, 0.29) is 5.91 Å². The third-order valence-electron chi connectivity index (χ3n) is 2.29. The van der Waals surface area contributed by atoms with Crippen LogP contribution in [0.4, 0.5) is 0 Å². The molecular formula is C10H22N2O. The molecule has 0 fully saturated rings. The minimum atomic E-state index is 0.199. The highest BCUT2D eigenvalue weighted by atomic mass is 16.2. The number of carbonyl (C=O) groups excluding carboxylic acids is 1. The third-order valence-corrected chi connectivity index (χ3v) is 2.29. The molecular weight excluding hydrogens is 164 g/mol. The molecule has 3 nitrogen and oxygen atoms in total. The summed E-state index contributed by atoms with van der Waals surface area (Å²) in [6.45, 7) is 8.49. The molecule has 0 rings (SSSR count). The molecule has 0 saturated carbocycles. The number of hydrogen-bond acceptors (Lipinski definition) is 2. The van der Waals surface area contributed by atoms with Crippen LogP contribution < -0.4 is 5.32 Å². The lowest BCUT2D eigenvalue weighted by Gasteiger charge is -2.23. The van der Waals surface area contributed by atoms with Gasteiger partial charge in [-0.2, -0.15) is 0 Å².